The van der Waals surface area contributed by atoms with Gasteiger partial charge in [-0.2, -0.15) is 0 Å². The Balaban J connectivity index is 0.00000176. The summed E-state index contributed by atoms with van der Waals surface area (Å²) in [6, 6.07) is 4.24. The number of nitrogens with one attached hydrogen (secondary N) is 2. The summed E-state index contributed by atoms with van der Waals surface area (Å²) in [5.74, 6) is -0.00759. The second-order valence-corrected chi connectivity index (χ2v) is 6.87. The molecule has 124 valence electrons. The monoisotopic (exact) mass is 358 g/mol. The minimum Gasteiger partial charge on any atom is -0.406 e. The van der Waals surface area contributed by atoms with Crippen LogP contribution in [-0.4, -0.2) is 33.9 Å². The molecule has 1 aromatic rings. The van der Waals surface area contributed by atoms with Crippen LogP contribution in [0.25, 0.3) is 0 Å². The lowest BCUT2D eigenvalue weighted by atomic mass is 10.3. The van der Waals surface area contributed by atoms with E-state index in [9.17, 15) is 21.6 Å². The molecule has 0 aromatic heterocycles. The lowest BCUT2D eigenvalue weighted by Crippen LogP contribution is -2.32. The van der Waals surface area contributed by atoms with Crippen LogP contribution in [0, 0.1) is 11.8 Å². The molecule has 1 aliphatic carbocycles. The molecule has 0 radical (unpaired) electrons. The topological polar surface area (TPSA) is 67.4 Å². The van der Waals surface area contributed by atoms with Gasteiger partial charge in [-0.15, -0.1) is 25.6 Å². The molecular weight excluding hydrogens is 345 g/mol. The van der Waals surface area contributed by atoms with Crippen LogP contribution in [0.5, 0.6) is 5.75 Å². The quantitative estimate of drug-likeness (QED) is 0.856. The summed E-state index contributed by atoms with van der Waals surface area (Å²) in [6.07, 6.45) is -4.85. The maximum absolute atomic E-state index is 12.2. The third-order valence-corrected chi connectivity index (χ3v) is 5.19. The fourth-order valence-electron chi connectivity index (χ4n) is 2.68. The van der Waals surface area contributed by atoms with Crippen LogP contribution in [0.2, 0.25) is 0 Å². The van der Waals surface area contributed by atoms with Gasteiger partial charge in [-0.05, 0) is 37.1 Å². The molecule has 1 heterocycles. The smallest absolute Gasteiger partial charge is 0.406 e. The standard InChI is InChI=1S/C12H13F3N2O3S.ClH/c13-12(14,15)20-7-2-1-3-8(4-7)21(18,19)17-11-9-5-16-6-10(9)11;/h1-4,9-11,16-17H,5-6H2;1H. The first kappa shape index (κ1) is 17.3. The Morgan fingerprint density at radius 2 is 1.86 bits per heavy atom. The van der Waals surface area contributed by atoms with Crippen LogP contribution in [-0.2, 0) is 10.0 Å². The van der Waals surface area contributed by atoms with E-state index in [0.29, 0.717) is 0 Å². The number of fused-ring (bicyclic) bond motifs is 1. The second-order valence-electron chi connectivity index (χ2n) is 5.16. The Kier molecular flexibility index (Phi) is 4.63. The summed E-state index contributed by atoms with van der Waals surface area (Å²) < 4.78 is 67.0. The fraction of sp³-hybridized carbons (Fsp3) is 0.500. The highest BCUT2D eigenvalue weighted by Crippen LogP contribution is 2.42. The van der Waals surface area contributed by atoms with Gasteiger partial charge in [0.25, 0.3) is 0 Å². The molecule has 0 bridgehead atoms. The fourth-order valence-corrected chi connectivity index (χ4v) is 4.05. The van der Waals surface area contributed by atoms with Gasteiger partial charge in [-0.1, -0.05) is 6.07 Å². The largest absolute Gasteiger partial charge is 0.573 e. The predicted octanol–water partition coefficient (Wildman–Crippen LogP) is 1.50. The number of alkyl halides is 3. The molecule has 22 heavy (non-hydrogen) atoms. The van der Waals surface area contributed by atoms with Gasteiger partial charge >= 0.3 is 6.36 Å². The zero-order chi connectivity index (χ0) is 15.3. The highest BCUT2D eigenvalue weighted by atomic mass is 35.5. The van der Waals surface area contributed by atoms with Crippen LogP contribution < -0.4 is 14.8 Å². The van der Waals surface area contributed by atoms with Crippen molar-refractivity contribution in [1.29, 1.82) is 0 Å². The molecule has 5 nitrogen and oxygen atoms in total. The predicted molar refractivity (Wildman–Crippen MR) is 74.3 cm³/mol. The van der Waals surface area contributed by atoms with E-state index in [1.165, 1.54) is 12.1 Å². The molecule has 2 unspecified atom stereocenters. The Hall–Kier alpha value is -1.03. The number of hydrogen-bond donors (Lipinski definition) is 2. The van der Waals surface area contributed by atoms with Gasteiger partial charge in [0.1, 0.15) is 5.75 Å². The van der Waals surface area contributed by atoms with Gasteiger partial charge in [0, 0.05) is 12.1 Å². The van der Waals surface area contributed by atoms with Crippen molar-refractivity contribution in [1.82, 2.24) is 10.0 Å². The molecule has 10 heteroatoms. The lowest BCUT2D eigenvalue weighted by Gasteiger charge is -2.12. The van der Waals surface area contributed by atoms with Crippen molar-refractivity contribution < 1.29 is 26.3 Å². The molecule has 0 amide bonds. The zero-order valence-corrected chi connectivity index (χ0v) is 12.8. The van der Waals surface area contributed by atoms with Crippen LogP contribution in [0.4, 0.5) is 13.2 Å². The van der Waals surface area contributed by atoms with Crippen molar-refractivity contribution in [3.8, 4) is 5.75 Å². The first-order valence-corrected chi connectivity index (χ1v) is 7.83. The van der Waals surface area contributed by atoms with Crippen LogP contribution in [0.1, 0.15) is 0 Å². The molecule has 2 N–H and O–H groups in total. The van der Waals surface area contributed by atoms with Crippen molar-refractivity contribution >= 4 is 22.4 Å². The summed E-state index contributed by atoms with van der Waals surface area (Å²) in [5.41, 5.74) is 0. The maximum atomic E-state index is 12.2. The Morgan fingerprint density at radius 3 is 2.45 bits per heavy atom. The van der Waals surface area contributed by atoms with Crippen molar-refractivity contribution in [3.63, 3.8) is 0 Å². The van der Waals surface area contributed by atoms with Gasteiger partial charge in [-0.25, -0.2) is 13.1 Å². The molecule has 1 aliphatic heterocycles. The number of sulfonamides is 1. The molecule has 3 rings (SSSR count). The van der Waals surface area contributed by atoms with Crippen molar-refractivity contribution in [2.24, 2.45) is 11.8 Å². The van der Waals surface area contributed by atoms with Crippen LogP contribution in [0.3, 0.4) is 0 Å². The van der Waals surface area contributed by atoms with E-state index in [-0.39, 0.29) is 35.2 Å². The van der Waals surface area contributed by atoms with E-state index in [4.69, 9.17) is 0 Å². The third-order valence-electron chi connectivity index (χ3n) is 3.73. The normalized spacial score (nSPS) is 27.0. The number of rotatable bonds is 4. The minimum atomic E-state index is -4.85. The molecule has 1 saturated carbocycles. The number of hydrogen-bond acceptors (Lipinski definition) is 4. The number of ether oxygens (including phenoxy) is 1. The molecular formula is C12H14ClF3N2O3S. The van der Waals surface area contributed by atoms with E-state index in [1.54, 1.807) is 0 Å². The summed E-state index contributed by atoms with van der Waals surface area (Å²) in [7, 11) is -3.84. The van der Waals surface area contributed by atoms with E-state index >= 15 is 0 Å². The highest BCUT2D eigenvalue weighted by molar-refractivity contribution is 7.89. The molecule has 0 spiro atoms. The van der Waals surface area contributed by atoms with Crippen LogP contribution in [0.15, 0.2) is 29.2 Å². The van der Waals surface area contributed by atoms with E-state index in [2.05, 4.69) is 14.8 Å². The molecule has 2 fully saturated rings. The molecule has 1 aromatic carbocycles. The zero-order valence-electron chi connectivity index (χ0n) is 11.1. The van der Waals surface area contributed by atoms with Gasteiger partial charge in [0.15, 0.2) is 0 Å². The van der Waals surface area contributed by atoms with E-state index in [0.717, 1.165) is 25.2 Å². The SMILES string of the molecule is Cl.O=S(=O)(NC1C2CNCC21)c1cccc(OC(F)(F)F)c1. The van der Waals surface area contributed by atoms with E-state index in [1.807, 2.05) is 0 Å². The summed E-state index contributed by atoms with van der Waals surface area (Å²) in [4.78, 5) is -0.234. The molecule has 1 saturated heterocycles. The van der Waals surface area contributed by atoms with Crippen molar-refractivity contribution in [3.05, 3.63) is 24.3 Å². The van der Waals surface area contributed by atoms with Gasteiger partial charge in [0.05, 0.1) is 4.90 Å². The average Bonchev–Trinajstić information content (AvgIpc) is 2.82. The number of halogens is 4. The Bertz CT molecular complexity index is 643. The molecule has 2 aliphatic rings. The Morgan fingerprint density at radius 1 is 1.23 bits per heavy atom. The summed E-state index contributed by atoms with van der Waals surface area (Å²) in [6.45, 7) is 1.52. The second kappa shape index (κ2) is 5.88. The number of piperidine rings is 1. The van der Waals surface area contributed by atoms with Crippen molar-refractivity contribution in [2.45, 2.75) is 17.3 Å². The van der Waals surface area contributed by atoms with E-state index < -0.39 is 22.1 Å². The average molecular weight is 359 g/mol. The van der Waals surface area contributed by atoms with Gasteiger partial charge in [-0.3, -0.25) is 0 Å². The van der Waals surface area contributed by atoms with Crippen LogP contribution >= 0.6 is 12.4 Å². The Labute approximate surface area is 131 Å². The van der Waals surface area contributed by atoms with Crippen molar-refractivity contribution in [2.75, 3.05) is 13.1 Å². The third kappa shape index (κ3) is 3.65. The minimum absolute atomic E-state index is 0. The highest BCUT2D eigenvalue weighted by Gasteiger charge is 2.54. The number of benzene rings is 1. The first-order chi connectivity index (χ1) is 9.76. The molecule has 2 atom stereocenters. The van der Waals surface area contributed by atoms with Gasteiger partial charge < -0.3 is 10.1 Å². The maximum Gasteiger partial charge on any atom is 0.573 e. The van der Waals surface area contributed by atoms with Gasteiger partial charge in [0.2, 0.25) is 10.0 Å². The lowest BCUT2D eigenvalue weighted by molar-refractivity contribution is -0.274. The summed E-state index contributed by atoms with van der Waals surface area (Å²) >= 11 is 0. The summed E-state index contributed by atoms with van der Waals surface area (Å²) in [5, 5.41) is 3.13. The first-order valence-electron chi connectivity index (χ1n) is 6.35.